The number of aromatic nitrogens is 1. The summed E-state index contributed by atoms with van der Waals surface area (Å²) in [5, 5.41) is 14.1. The average molecular weight is 287 g/mol. The van der Waals surface area contributed by atoms with E-state index in [9.17, 15) is 10.1 Å². The SMILES string of the molecule is CNC(C)c1ccc(Oc2cc(C)ccc2[N+](=O)[O-])nc1. The molecule has 0 aliphatic carbocycles. The number of nitro groups is 1. The fourth-order valence-electron chi connectivity index (χ4n) is 1.84. The van der Waals surface area contributed by atoms with E-state index < -0.39 is 4.92 Å². The van der Waals surface area contributed by atoms with E-state index in [-0.39, 0.29) is 17.5 Å². The molecule has 1 heterocycles. The van der Waals surface area contributed by atoms with Gasteiger partial charge in [0, 0.05) is 24.4 Å². The van der Waals surface area contributed by atoms with Gasteiger partial charge in [0.05, 0.1) is 4.92 Å². The normalized spacial score (nSPS) is 12.0. The number of benzene rings is 1. The van der Waals surface area contributed by atoms with E-state index in [0.29, 0.717) is 5.88 Å². The van der Waals surface area contributed by atoms with Crippen LogP contribution in [0, 0.1) is 17.0 Å². The number of nitrogens with zero attached hydrogens (tertiary/aromatic N) is 2. The van der Waals surface area contributed by atoms with Crippen molar-refractivity contribution in [1.29, 1.82) is 0 Å². The lowest BCUT2D eigenvalue weighted by Crippen LogP contribution is -2.12. The van der Waals surface area contributed by atoms with Gasteiger partial charge < -0.3 is 10.1 Å². The van der Waals surface area contributed by atoms with Crippen molar-refractivity contribution in [3.05, 3.63) is 57.8 Å². The molecular weight excluding hydrogens is 270 g/mol. The van der Waals surface area contributed by atoms with E-state index >= 15 is 0 Å². The maximum atomic E-state index is 11.0. The van der Waals surface area contributed by atoms with Crippen LogP contribution in [0.5, 0.6) is 11.6 Å². The Hall–Kier alpha value is -2.47. The van der Waals surface area contributed by atoms with Gasteiger partial charge in [0.15, 0.2) is 0 Å². The van der Waals surface area contributed by atoms with Crippen molar-refractivity contribution in [2.24, 2.45) is 0 Å². The molecule has 1 N–H and O–H groups in total. The van der Waals surface area contributed by atoms with Crippen molar-refractivity contribution in [3.63, 3.8) is 0 Å². The van der Waals surface area contributed by atoms with Crippen LogP contribution in [-0.4, -0.2) is 17.0 Å². The van der Waals surface area contributed by atoms with Crippen molar-refractivity contribution in [2.45, 2.75) is 19.9 Å². The first-order valence-electron chi connectivity index (χ1n) is 6.57. The van der Waals surface area contributed by atoms with E-state index in [0.717, 1.165) is 11.1 Å². The van der Waals surface area contributed by atoms with Crippen LogP contribution in [-0.2, 0) is 0 Å². The molecule has 2 rings (SSSR count). The van der Waals surface area contributed by atoms with Crippen LogP contribution in [0.25, 0.3) is 0 Å². The van der Waals surface area contributed by atoms with Gasteiger partial charge in [0.25, 0.3) is 0 Å². The molecule has 1 atom stereocenters. The molecule has 0 saturated carbocycles. The van der Waals surface area contributed by atoms with Crippen LogP contribution in [0.15, 0.2) is 36.5 Å². The van der Waals surface area contributed by atoms with Crippen molar-refractivity contribution >= 4 is 5.69 Å². The van der Waals surface area contributed by atoms with Crippen molar-refractivity contribution in [1.82, 2.24) is 10.3 Å². The fourth-order valence-corrected chi connectivity index (χ4v) is 1.84. The quantitative estimate of drug-likeness (QED) is 0.674. The molecule has 0 aliphatic heterocycles. The second-order valence-electron chi connectivity index (χ2n) is 4.77. The number of rotatable bonds is 5. The van der Waals surface area contributed by atoms with E-state index in [2.05, 4.69) is 10.3 Å². The van der Waals surface area contributed by atoms with Gasteiger partial charge in [0.2, 0.25) is 11.6 Å². The van der Waals surface area contributed by atoms with Crippen LogP contribution in [0.2, 0.25) is 0 Å². The predicted octanol–water partition coefficient (Wildman–Crippen LogP) is 3.37. The number of ether oxygens (including phenoxy) is 1. The molecule has 0 aliphatic rings. The molecule has 110 valence electrons. The van der Waals surface area contributed by atoms with Gasteiger partial charge in [-0.2, -0.15) is 0 Å². The Morgan fingerprint density at radius 1 is 1.33 bits per heavy atom. The van der Waals surface area contributed by atoms with Gasteiger partial charge in [0.1, 0.15) is 0 Å². The lowest BCUT2D eigenvalue weighted by Gasteiger charge is -2.11. The third-order valence-electron chi connectivity index (χ3n) is 3.22. The molecule has 0 radical (unpaired) electrons. The Labute approximate surface area is 122 Å². The third-order valence-corrected chi connectivity index (χ3v) is 3.22. The lowest BCUT2D eigenvalue weighted by molar-refractivity contribution is -0.385. The predicted molar refractivity (Wildman–Crippen MR) is 79.6 cm³/mol. The molecule has 6 nitrogen and oxygen atoms in total. The number of nitrogens with one attached hydrogen (secondary N) is 1. The minimum Gasteiger partial charge on any atom is -0.432 e. The Bertz CT molecular complexity index is 641. The van der Waals surface area contributed by atoms with Gasteiger partial charge in [-0.25, -0.2) is 4.98 Å². The second-order valence-corrected chi connectivity index (χ2v) is 4.77. The van der Waals surface area contributed by atoms with Crippen molar-refractivity contribution in [3.8, 4) is 11.6 Å². The highest BCUT2D eigenvalue weighted by atomic mass is 16.6. The van der Waals surface area contributed by atoms with Gasteiger partial charge in [-0.1, -0.05) is 12.1 Å². The first-order valence-corrected chi connectivity index (χ1v) is 6.57. The Morgan fingerprint density at radius 2 is 2.10 bits per heavy atom. The molecule has 0 amide bonds. The summed E-state index contributed by atoms with van der Waals surface area (Å²) >= 11 is 0. The molecule has 0 spiro atoms. The van der Waals surface area contributed by atoms with Gasteiger partial charge in [-0.3, -0.25) is 10.1 Å². The smallest absolute Gasteiger partial charge is 0.311 e. The topological polar surface area (TPSA) is 77.3 Å². The zero-order valence-electron chi connectivity index (χ0n) is 12.2. The summed E-state index contributed by atoms with van der Waals surface area (Å²) in [6, 6.07) is 8.50. The van der Waals surface area contributed by atoms with Crippen LogP contribution < -0.4 is 10.1 Å². The van der Waals surface area contributed by atoms with E-state index in [4.69, 9.17) is 4.74 Å². The highest BCUT2D eigenvalue weighted by Crippen LogP contribution is 2.31. The summed E-state index contributed by atoms with van der Waals surface area (Å²) < 4.78 is 5.55. The van der Waals surface area contributed by atoms with E-state index in [1.54, 1.807) is 24.4 Å². The maximum Gasteiger partial charge on any atom is 0.311 e. The van der Waals surface area contributed by atoms with E-state index in [1.807, 2.05) is 27.0 Å². The molecule has 0 saturated heterocycles. The van der Waals surface area contributed by atoms with E-state index in [1.165, 1.54) is 6.07 Å². The molecule has 0 bridgehead atoms. The largest absolute Gasteiger partial charge is 0.432 e. The number of hydrogen-bond donors (Lipinski definition) is 1. The Morgan fingerprint density at radius 3 is 2.67 bits per heavy atom. The standard InChI is InChI=1S/C15H17N3O3/c1-10-4-6-13(18(19)20)14(8-10)21-15-7-5-12(9-17-15)11(2)16-3/h4-9,11,16H,1-3H3. The summed E-state index contributed by atoms with van der Waals surface area (Å²) in [6.07, 6.45) is 1.69. The van der Waals surface area contributed by atoms with Crippen LogP contribution in [0.4, 0.5) is 5.69 Å². The average Bonchev–Trinajstić information content (AvgIpc) is 2.47. The molecule has 1 aromatic carbocycles. The monoisotopic (exact) mass is 287 g/mol. The number of nitro benzene ring substituents is 1. The lowest BCUT2D eigenvalue weighted by atomic mass is 10.1. The summed E-state index contributed by atoms with van der Waals surface area (Å²) in [6.45, 7) is 3.87. The number of pyridine rings is 1. The van der Waals surface area contributed by atoms with Crippen LogP contribution in [0.1, 0.15) is 24.1 Å². The summed E-state index contributed by atoms with van der Waals surface area (Å²) in [4.78, 5) is 14.7. The minimum atomic E-state index is -0.466. The first kappa shape index (κ1) is 14.9. The summed E-state index contributed by atoms with van der Waals surface area (Å²) in [5.41, 5.74) is 1.83. The minimum absolute atomic E-state index is 0.0740. The molecular formula is C15H17N3O3. The highest BCUT2D eigenvalue weighted by Gasteiger charge is 2.16. The Balaban J connectivity index is 2.26. The summed E-state index contributed by atoms with van der Waals surface area (Å²) in [5.74, 6) is 0.526. The van der Waals surface area contributed by atoms with Gasteiger partial charge >= 0.3 is 5.69 Å². The zero-order chi connectivity index (χ0) is 15.4. The Kier molecular flexibility index (Phi) is 4.49. The summed E-state index contributed by atoms with van der Waals surface area (Å²) in [7, 11) is 1.87. The maximum absolute atomic E-state index is 11.0. The molecule has 2 aromatic rings. The molecule has 6 heteroatoms. The zero-order valence-corrected chi connectivity index (χ0v) is 12.2. The molecule has 0 fully saturated rings. The van der Waals surface area contributed by atoms with Gasteiger partial charge in [-0.15, -0.1) is 0 Å². The van der Waals surface area contributed by atoms with Crippen LogP contribution in [0.3, 0.4) is 0 Å². The van der Waals surface area contributed by atoms with Crippen molar-refractivity contribution in [2.75, 3.05) is 7.05 Å². The molecule has 21 heavy (non-hydrogen) atoms. The number of hydrogen-bond acceptors (Lipinski definition) is 5. The fraction of sp³-hybridized carbons (Fsp3) is 0.267. The first-order chi connectivity index (χ1) is 10.0. The van der Waals surface area contributed by atoms with Gasteiger partial charge in [-0.05, 0) is 38.1 Å². The highest BCUT2D eigenvalue weighted by molar-refractivity contribution is 5.49. The third kappa shape index (κ3) is 3.55. The second kappa shape index (κ2) is 6.32. The molecule has 1 unspecified atom stereocenters. The molecule has 1 aromatic heterocycles. The number of aryl methyl sites for hydroxylation is 1. The van der Waals surface area contributed by atoms with Crippen molar-refractivity contribution < 1.29 is 9.66 Å². The van der Waals surface area contributed by atoms with Crippen LogP contribution >= 0.6 is 0 Å².